The number of hydrogen-bond donors (Lipinski definition) is 0. The zero-order valence-corrected chi connectivity index (χ0v) is 31.1. The van der Waals surface area contributed by atoms with Crippen LogP contribution in [0.5, 0.6) is 0 Å². The highest BCUT2D eigenvalue weighted by molar-refractivity contribution is 6.44. The molecular weight excluding hydrogens is 627 g/mol. The van der Waals surface area contributed by atoms with E-state index in [9.17, 15) is 0 Å². The summed E-state index contributed by atoms with van der Waals surface area (Å²) in [4.78, 5) is 2.26. The van der Waals surface area contributed by atoms with E-state index in [2.05, 4.69) is 181 Å². The Kier molecular flexibility index (Phi) is 8.81. The van der Waals surface area contributed by atoms with Gasteiger partial charge in [0.1, 0.15) is 0 Å². The molecule has 0 aliphatic carbocycles. The molecule has 0 amide bonds. The number of aromatic nitrogens is 1. The zero-order valence-electron chi connectivity index (χ0n) is 29.6. The Hall–Kier alpha value is -3.98. The van der Waals surface area contributed by atoms with Gasteiger partial charge in [0.15, 0.2) is 0 Å². The van der Waals surface area contributed by atoms with Crippen molar-refractivity contribution in [3.05, 3.63) is 142 Å². The largest absolute Gasteiger partial charge is 0.314 e. The van der Waals surface area contributed by atoms with Crippen LogP contribution in [0.3, 0.4) is 0 Å². The second-order valence-electron chi connectivity index (χ2n) is 15.9. The van der Waals surface area contributed by atoms with Crippen LogP contribution in [-0.2, 0) is 16.2 Å². The Morgan fingerprint density at radius 2 is 1.02 bits per heavy atom. The number of rotatable bonds is 5. The number of anilines is 3. The van der Waals surface area contributed by atoms with Crippen molar-refractivity contribution in [1.82, 2.24) is 4.57 Å². The summed E-state index contributed by atoms with van der Waals surface area (Å²) in [6.07, 6.45) is 2.23. The molecule has 0 spiro atoms. The summed E-state index contributed by atoms with van der Waals surface area (Å²) in [6, 6.07) is 39.2. The van der Waals surface area contributed by atoms with Gasteiger partial charge in [-0.05, 0) is 86.5 Å². The Morgan fingerprint density at radius 1 is 0.521 bits per heavy atom. The van der Waals surface area contributed by atoms with Crippen molar-refractivity contribution in [2.75, 3.05) is 4.90 Å². The summed E-state index contributed by atoms with van der Waals surface area (Å²) in [7, 11) is 0. The second kappa shape index (κ2) is 12.5. The van der Waals surface area contributed by atoms with E-state index in [1.807, 2.05) is 6.07 Å². The van der Waals surface area contributed by atoms with Gasteiger partial charge in [-0.3, -0.25) is 0 Å². The van der Waals surface area contributed by atoms with Crippen LogP contribution in [0.4, 0.5) is 17.1 Å². The van der Waals surface area contributed by atoms with Crippen LogP contribution in [0, 0.1) is 0 Å². The lowest BCUT2D eigenvalue weighted by Crippen LogP contribution is -2.13. The van der Waals surface area contributed by atoms with Crippen molar-refractivity contribution < 1.29 is 0 Å². The SMILES string of the molecule is CC(C)(C)c1ccc(-c2cc(Cl)c(Cl)c(N(c3ccc(C(C)(C)C)cc3)c3cn(-c4ccc(C(C)(C)C)cc4)c4ccccc34)c2)cc1. The molecule has 0 saturated carbocycles. The normalized spacial score (nSPS) is 12.5. The van der Waals surface area contributed by atoms with Gasteiger partial charge in [0.2, 0.25) is 0 Å². The van der Waals surface area contributed by atoms with Crippen molar-refractivity contribution in [2.24, 2.45) is 0 Å². The summed E-state index contributed by atoms with van der Waals surface area (Å²) >= 11 is 14.2. The van der Waals surface area contributed by atoms with Crippen LogP contribution < -0.4 is 4.90 Å². The molecule has 0 unspecified atom stereocenters. The van der Waals surface area contributed by atoms with E-state index in [0.29, 0.717) is 10.0 Å². The summed E-state index contributed by atoms with van der Waals surface area (Å²) in [6.45, 7) is 20.2. The molecule has 0 fully saturated rings. The molecule has 5 aromatic carbocycles. The molecule has 0 bridgehead atoms. The van der Waals surface area contributed by atoms with Gasteiger partial charge in [0.25, 0.3) is 0 Å². The van der Waals surface area contributed by atoms with E-state index in [4.69, 9.17) is 23.2 Å². The van der Waals surface area contributed by atoms with Crippen LogP contribution in [-0.4, -0.2) is 4.57 Å². The molecule has 0 N–H and O–H groups in total. The third kappa shape index (κ3) is 6.66. The first-order valence-corrected chi connectivity index (χ1v) is 17.5. The average Bonchev–Trinajstić information content (AvgIpc) is 3.41. The first kappa shape index (κ1) is 33.9. The van der Waals surface area contributed by atoms with Crippen LogP contribution in [0.15, 0.2) is 115 Å². The lowest BCUT2D eigenvalue weighted by atomic mass is 9.86. The molecule has 2 nitrogen and oxygen atoms in total. The monoisotopic (exact) mass is 672 g/mol. The van der Waals surface area contributed by atoms with Gasteiger partial charge < -0.3 is 9.47 Å². The predicted octanol–water partition coefficient (Wildman–Crippen LogP) is 14.0. The lowest BCUT2D eigenvalue weighted by Gasteiger charge is -2.28. The molecule has 0 atom stereocenters. The Morgan fingerprint density at radius 3 is 1.56 bits per heavy atom. The van der Waals surface area contributed by atoms with E-state index in [1.54, 1.807) is 0 Å². The zero-order chi connectivity index (χ0) is 34.6. The standard InChI is InChI=1S/C44H46Cl2N2/c1-42(2,3)31-16-14-29(15-17-31)30-26-37(45)41(46)39(27-30)48(35-24-20-33(21-25-35)44(7,8)9)40-28-47(38-13-11-10-12-36(38)40)34-22-18-32(19-23-34)43(4,5)6/h10-28H,1-9H3. The van der Waals surface area contributed by atoms with Gasteiger partial charge in [0, 0.05) is 23.0 Å². The highest BCUT2D eigenvalue weighted by atomic mass is 35.5. The molecule has 1 aromatic heterocycles. The van der Waals surface area contributed by atoms with Crippen molar-refractivity contribution in [1.29, 1.82) is 0 Å². The van der Waals surface area contributed by atoms with Gasteiger partial charge in [-0.25, -0.2) is 0 Å². The van der Waals surface area contributed by atoms with E-state index in [-0.39, 0.29) is 16.2 Å². The fraction of sp³-hybridized carbons (Fsp3) is 0.273. The number of hydrogen-bond acceptors (Lipinski definition) is 1. The predicted molar refractivity (Wildman–Crippen MR) is 210 cm³/mol. The number of para-hydroxylation sites is 1. The second-order valence-corrected chi connectivity index (χ2v) is 16.7. The molecule has 6 aromatic rings. The topological polar surface area (TPSA) is 8.17 Å². The van der Waals surface area contributed by atoms with Crippen LogP contribution >= 0.6 is 23.2 Å². The van der Waals surface area contributed by atoms with Crippen molar-refractivity contribution >= 4 is 51.2 Å². The quantitative estimate of drug-likeness (QED) is 0.177. The van der Waals surface area contributed by atoms with E-state index in [1.165, 1.54) is 16.7 Å². The lowest BCUT2D eigenvalue weighted by molar-refractivity contribution is 0.590. The van der Waals surface area contributed by atoms with Gasteiger partial charge in [-0.15, -0.1) is 0 Å². The highest BCUT2D eigenvalue weighted by Crippen LogP contribution is 2.47. The van der Waals surface area contributed by atoms with Crippen LogP contribution in [0.1, 0.15) is 79.0 Å². The van der Waals surface area contributed by atoms with Crippen molar-refractivity contribution in [2.45, 2.75) is 78.6 Å². The summed E-state index contributed by atoms with van der Waals surface area (Å²) in [5.41, 5.74) is 11.2. The number of benzene rings is 5. The van der Waals surface area contributed by atoms with E-state index >= 15 is 0 Å². The van der Waals surface area contributed by atoms with Crippen LogP contribution in [0.2, 0.25) is 10.0 Å². The third-order valence-corrected chi connectivity index (χ3v) is 10.1. The maximum absolute atomic E-state index is 7.19. The molecule has 0 radical (unpaired) electrons. The number of halogens is 2. The fourth-order valence-electron chi connectivity index (χ4n) is 6.26. The molecule has 0 saturated heterocycles. The number of fused-ring (bicyclic) bond motifs is 1. The van der Waals surface area contributed by atoms with Gasteiger partial charge in [0.05, 0.1) is 26.9 Å². The summed E-state index contributed by atoms with van der Waals surface area (Å²) in [5, 5.41) is 2.14. The molecule has 0 aliphatic heterocycles. The first-order chi connectivity index (χ1) is 22.5. The third-order valence-electron chi connectivity index (χ3n) is 9.27. The molecule has 0 aliphatic rings. The van der Waals surface area contributed by atoms with Crippen LogP contribution in [0.25, 0.3) is 27.7 Å². The molecule has 48 heavy (non-hydrogen) atoms. The summed E-state index contributed by atoms with van der Waals surface area (Å²) < 4.78 is 2.28. The fourth-order valence-corrected chi connectivity index (χ4v) is 6.67. The summed E-state index contributed by atoms with van der Waals surface area (Å²) in [5.74, 6) is 0. The minimum absolute atomic E-state index is 0.0265. The molecular formula is C44H46Cl2N2. The van der Waals surface area contributed by atoms with Crippen molar-refractivity contribution in [3.63, 3.8) is 0 Å². The van der Waals surface area contributed by atoms with Gasteiger partial charge in [-0.1, -0.05) is 152 Å². The average molecular weight is 674 g/mol. The first-order valence-electron chi connectivity index (χ1n) is 16.7. The Balaban J connectivity index is 1.58. The Labute approximate surface area is 297 Å². The van der Waals surface area contributed by atoms with Gasteiger partial charge >= 0.3 is 0 Å². The van der Waals surface area contributed by atoms with E-state index in [0.717, 1.165) is 44.8 Å². The molecule has 6 rings (SSSR count). The van der Waals surface area contributed by atoms with Gasteiger partial charge in [-0.2, -0.15) is 0 Å². The molecule has 1 heterocycles. The molecule has 246 valence electrons. The smallest absolute Gasteiger partial charge is 0.0833 e. The minimum Gasteiger partial charge on any atom is -0.314 e. The van der Waals surface area contributed by atoms with E-state index < -0.39 is 0 Å². The maximum atomic E-state index is 7.19. The minimum atomic E-state index is 0.0265. The van der Waals surface area contributed by atoms with Crippen molar-refractivity contribution in [3.8, 4) is 16.8 Å². The Bertz CT molecular complexity index is 2060. The maximum Gasteiger partial charge on any atom is 0.0833 e. The number of nitrogens with zero attached hydrogens (tertiary/aromatic N) is 2. The highest BCUT2D eigenvalue weighted by Gasteiger charge is 2.25. The molecule has 4 heteroatoms.